The fourth-order valence-corrected chi connectivity index (χ4v) is 5.21. The summed E-state index contributed by atoms with van der Waals surface area (Å²) in [4.78, 5) is 22.2. The predicted octanol–water partition coefficient (Wildman–Crippen LogP) is 3.94. The molecule has 3 heterocycles. The van der Waals surface area contributed by atoms with E-state index in [1.54, 1.807) is 11.0 Å². The van der Waals surface area contributed by atoms with E-state index in [0.29, 0.717) is 29.5 Å². The summed E-state index contributed by atoms with van der Waals surface area (Å²) in [6.45, 7) is 2.96. The van der Waals surface area contributed by atoms with Crippen LogP contribution in [0.4, 0.5) is 5.82 Å². The molecule has 162 valence electrons. The summed E-state index contributed by atoms with van der Waals surface area (Å²) in [6.07, 6.45) is 4.19. The van der Waals surface area contributed by atoms with E-state index in [0.717, 1.165) is 33.3 Å². The smallest absolute Gasteiger partial charge is 0.305 e. The first-order chi connectivity index (χ1) is 14.9. The molecular formula is C21H21BrClN5O3. The molecule has 2 aliphatic rings. The second kappa shape index (κ2) is 8.03. The molecule has 1 N–H and O–H groups in total. The number of carbonyl (C=O) groups is 1. The second-order valence-corrected chi connectivity index (χ2v) is 9.41. The Hall–Kier alpha value is -2.23. The number of rotatable bonds is 7. The zero-order valence-corrected chi connectivity index (χ0v) is 19.1. The van der Waals surface area contributed by atoms with Crippen molar-refractivity contribution in [1.29, 1.82) is 0 Å². The maximum absolute atomic E-state index is 10.8. The Morgan fingerprint density at radius 3 is 2.97 bits per heavy atom. The molecule has 1 saturated heterocycles. The van der Waals surface area contributed by atoms with Gasteiger partial charge in [0.1, 0.15) is 18.5 Å². The van der Waals surface area contributed by atoms with E-state index in [2.05, 4.69) is 37.8 Å². The van der Waals surface area contributed by atoms with Gasteiger partial charge in [0.15, 0.2) is 0 Å². The maximum Gasteiger partial charge on any atom is 0.305 e. The van der Waals surface area contributed by atoms with Gasteiger partial charge in [0.25, 0.3) is 0 Å². The number of hydrogen-bond acceptors (Lipinski definition) is 6. The number of hydrogen-bond donors (Lipinski definition) is 1. The molecule has 1 aliphatic heterocycles. The number of aromatic nitrogens is 4. The quantitative estimate of drug-likeness (QED) is 0.485. The number of nitrogens with zero attached hydrogens (tertiary/aromatic N) is 5. The number of benzene rings is 1. The van der Waals surface area contributed by atoms with Crippen LogP contribution in [0.2, 0.25) is 5.02 Å². The molecule has 10 heteroatoms. The number of fused-ring (bicyclic) bond motifs is 2. The lowest BCUT2D eigenvalue weighted by atomic mass is 10.1. The Balaban J connectivity index is 1.53. The molecule has 4 atom stereocenters. The summed E-state index contributed by atoms with van der Waals surface area (Å²) in [6, 6.07) is 6.40. The summed E-state index contributed by atoms with van der Waals surface area (Å²) < 4.78 is 8.21. The van der Waals surface area contributed by atoms with Gasteiger partial charge in [-0.1, -0.05) is 18.5 Å². The molecular weight excluding hydrogens is 486 g/mol. The van der Waals surface area contributed by atoms with Gasteiger partial charge in [-0.3, -0.25) is 4.79 Å². The average molecular weight is 507 g/mol. The Morgan fingerprint density at radius 1 is 1.39 bits per heavy atom. The van der Waals surface area contributed by atoms with E-state index in [9.17, 15) is 4.79 Å². The van der Waals surface area contributed by atoms with Crippen LogP contribution in [-0.4, -0.2) is 56.1 Å². The minimum absolute atomic E-state index is 0.00936. The minimum Gasteiger partial charge on any atom is -0.481 e. The molecule has 2 fully saturated rings. The van der Waals surface area contributed by atoms with Gasteiger partial charge in [-0.05, 0) is 46.3 Å². The van der Waals surface area contributed by atoms with Crippen LogP contribution >= 0.6 is 27.5 Å². The van der Waals surface area contributed by atoms with Crippen molar-refractivity contribution in [3.8, 4) is 5.69 Å². The molecule has 31 heavy (non-hydrogen) atoms. The van der Waals surface area contributed by atoms with Gasteiger partial charge in [0, 0.05) is 22.0 Å². The Kier molecular flexibility index (Phi) is 5.35. The third kappa shape index (κ3) is 3.79. The summed E-state index contributed by atoms with van der Waals surface area (Å²) in [5.41, 5.74) is 1.66. The number of piperidine rings is 1. The average Bonchev–Trinajstić information content (AvgIpc) is 3.13. The van der Waals surface area contributed by atoms with Gasteiger partial charge in [-0.15, -0.1) is 0 Å². The van der Waals surface area contributed by atoms with E-state index >= 15 is 0 Å². The number of carboxylic acids is 1. The lowest BCUT2D eigenvalue weighted by molar-refractivity contribution is -0.138. The van der Waals surface area contributed by atoms with Crippen molar-refractivity contribution in [1.82, 2.24) is 19.7 Å². The third-order valence-corrected chi connectivity index (χ3v) is 7.48. The molecule has 2 aromatic heterocycles. The molecule has 8 nitrogen and oxygen atoms in total. The number of pyridine rings is 1. The molecule has 0 unspecified atom stereocenters. The fourth-order valence-electron chi connectivity index (χ4n) is 4.72. The highest BCUT2D eigenvalue weighted by molar-refractivity contribution is 9.10. The van der Waals surface area contributed by atoms with Gasteiger partial charge in [-0.25, -0.2) is 14.6 Å². The highest BCUT2D eigenvalue weighted by Gasteiger charge is 2.58. The normalized spacial score (nSPS) is 24.5. The van der Waals surface area contributed by atoms with Crippen molar-refractivity contribution < 1.29 is 14.6 Å². The van der Waals surface area contributed by atoms with E-state index in [1.807, 2.05) is 18.2 Å². The minimum atomic E-state index is -0.849. The third-order valence-electron chi connectivity index (χ3n) is 6.29. The van der Waals surface area contributed by atoms with E-state index in [-0.39, 0.29) is 19.1 Å². The second-order valence-electron chi connectivity index (χ2n) is 8.15. The van der Waals surface area contributed by atoms with Crippen LogP contribution in [0, 0.1) is 11.8 Å². The molecule has 0 radical (unpaired) electrons. The first-order valence-electron chi connectivity index (χ1n) is 10.2. The van der Waals surface area contributed by atoms with Crippen molar-refractivity contribution in [2.24, 2.45) is 11.8 Å². The SMILES string of the molecule is C[C@@H]1[C@@H]2C[C@@H](COCCC(=O)O)N(c3cc(-n4cncn4)c4cc(Cl)c(Br)cc4n3)[C@H]12. The van der Waals surface area contributed by atoms with Crippen LogP contribution in [0.1, 0.15) is 19.8 Å². The highest BCUT2D eigenvalue weighted by Crippen LogP contribution is 2.54. The Bertz CT molecular complexity index is 1140. The van der Waals surface area contributed by atoms with Gasteiger partial charge < -0.3 is 14.7 Å². The molecule has 1 saturated carbocycles. The zero-order chi connectivity index (χ0) is 21.7. The topological polar surface area (TPSA) is 93.4 Å². The van der Waals surface area contributed by atoms with Crippen molar-refractivity contribution in [2.45, 2.75) is 31.8 Å². The first-order valence-corrected chi connectivity index (χ1v) is 11.3. The summed E-state index contributed by atoms with van der Waals surface area (Å²) in [5.74, 6) is 1.21. The largest absolute Gasteiger partial charge is 0.481 e. The van der Waals surface area contributed by atoms with Crippen LogP contribution in [0.3, 0.4) is 0 Å². The maximum atomic E-state index is 10.8. The Labute approximate surface area is 192 Å². The monoisotopic (exact) mass is 505 g/mol. The van der Waals surface area contributed by atoms with Crippen molar-refractivity contribution in [2.75, 3.05) is 18.1 Å². The zero-order valence-electron chi connectivity index (χ0n) is 16.8. The lowest BCUT2D eigenvalue weighted by Gasteiger charge is -2.30. The lowest BCUT2D eigenvalue weighted by Crippen LogP contribution is -2.38. The summed E-state index contributed by atoms with van der Waals surface area (Å²) in [5, 5.41) is 14.7. The Morgan fingerprint density at radius 2 is 2.23 bits per heavy atom. The molecule has 0 bridgehead atoms. The van der Waals surface area contributed by atoms with Gasteiger partial charge in [0.2, 0.25) is 0 Å². The molecule has 0 amide bonds. The molecule has 1 aromatic carbocycles. The molecule has 0 spiro atoms. The predicted molar refractivity (Wildman–Crippen MR) is 120 cm³/mol. The number of ether oxygens (including phenoxy) is 1. The molecule has 3 aromatic rings. The molecule has 1 aliphatic carbocycles. The first kappa shape index (κ1) is 20.7. The summed E-state index contributed by atoms with van der Waals surface area (Å²) >= 11 is 9.87. The van der Waals surface area contributed by atoms with Crippen LogP contribution in [-0.2, 0) is 9.53 Å². The fraction of sp³-hybridized carbons (Fsp3) is 0.429. The number of halogens is 2. The van der Waals surface area contributed by atoms with Crippen LogP contribution in [0.15, 0.2) is 35.3 Å². The van der Waals surface area contributed by atoms with Crippen LogP contribution < -0.4 is 4.90 Å². The van der Waals surface area contributed by atoms with Crippen molar-refractivity contribution >= 4 is 50.2 Å². The number of aliphatic carboxylic acids is 1. The van der Waals surface area contributed by atoms with Crippen LogP contribution in [0.25, 0.3) is 16.6 Å². The van der Waals surface area contributed by atoms with E-state index in [4.69, 9.17) is 26.4 Å². The highest BCUT2D eigenvalue weighted by atomic mass is 79.9. The standard InChI is InChI=1S/C21H21BrClN5O3/c1-11-13-4-12(8-31-3-2-20(29)30)28(21(11)13)19-7-18(27-10-24-9-25-27)14-5-16(23)15(22)6-17(14)26-19/h5-7,9-13,21H,2-4,8H2,1H3,(H,29,30)/t11-,12+,13+,21-/m1/s1. The summed E-state index contributed by atoms with van der Waals surface area (Å²) in [7, 11) is 0. The van der Waals surface area contributed by atoms with Crippen molar-refractivity contribution in [3.63, 3.8) is 0 Å². The van der Waals surface area contributed by atoms with E-state index < -0.39 is 5.97 Å². The number of carboxylic acid groups (broad SMARTS) is 1. The van der Waals surface area contributed by atoms with Gasteiger partial charge >= 0.3 is 5.97 Å². The van der Waals surface area contributed by atoms with E-state index in [1.165, 1.54) is 6.33 Å². The van der Waals surface area contributed by atoms with Crippen molar-refractivity contribution in [3.05, 3.63) is 40.3 Å². The molecule has 5 rings (SSSR count). The van der Waals surface area contributed by atoms with Crippen LogP contribution in [0.5, 0.6) is 0 Å². The van der Waals surface area contributed by atoms with Gasteiger partial charge in [-0.2, -0.15) is 5.10 Å². The number of anilines is 1. The van der Waals surface area contributed by atoms with Gasteiger partial charge in [0.05, 0.1) is 41.9 Å².